The summed E-state index contributed by atoms with van der Waals surface area (Å²) in [7, 11) is 0. The van der Waals surface area contributed by atoms with E-state index in [9.17, 15) is 13.2 Å². The number of hydrogen-bond donors (Lipinski definition) is 1. The van der Waals surface area contributed by atoms with Gasteiger partial charge < -0.3 is 10.1 Å². The van der Waals surface area contributed by atoms with Crippen LogP contribution in [0.1, 0.15) is 5.56 Å². The summed E-state index contributed by atoms with van der Waals surface area (Å²) in [6.07, 6.45) is -4.71. The van der Waals surface area contributed by atoms with E-state index in [1.165, 1.54) is 6.07 Å². The summed E-state index contributed by atoms with van der Waals surface area (Å²) in [5.74, 6) is -0.274. The largest absolute Gasteiger partial charge is 0.573 e. The molecule has 0 saturated heterocycles. The smallest absolute Gasteiger partial charge is 0.405 e. The number of halogens is 5. The van der Waals surface area contributed by atoms with Crippen LogP contribution in [0.15, 0.2) is 46.9 Å². The molecule has 0 aliphatic heterocycles. The molecule has 0 amide bonds. The summed E-state index contributed by atoms with van der Waals surface area (Å²) in [4.78, 5) is 0. The van der Waals surface area contributed by atoms with Gasteiger partial charge in [0.05, 0.1) is 15.2 Å². The molecule has 7 heteroatoms. The van der Waals surface area contributed by atoms with E-state index in [1.54, 1.807) is 18.2 Å². The zero-order valence-electron chi connectivity index (χ0n) is 10.5. The predicted molar refractivity (Wildman–Crippen MR) is 79.6 cm³/mol. The molecule has 2 aromatic carbocycles. The minimum atomic E-state index is -4.71. The number of rotatable bonds is 4. The molecule has 1 N–H and O–H groups in total. The average molecular weight is 381 g/mol. The Morgan fingerprint density at radius 3 is 2.48 bits per heavy atom. The number of hydrogen-bond acceptors (Lipinski definition) is 2. The van der Waals surface area contributed by atoms with E-state index in [-0.39, 0.29) is 10.2 Å². The molecule has 112 valence electrons. The van der Waals surface area contributed by atoms with E-state index in [0.29, 0.717) is 11.6 Å². The molecule has 2 nitrogen and oxygen atoms in total. The van der Waals surface area contributed by atoms with Crippen LogP contribution in [0, 0.1) is 0 Å². The Bertz CT molecular complexity index is 634. The summed E-state index contributed by atoms with van der Waals surface area (Å²) in [6.45, 7) is 0.425. The molecule has 0 heterocycles. The molecule has 0 unspecified atom stereocenters. The fourth-order valence-corrected chi connectivity index (χ4v) is 2.37. The monoisotopic (exact) mass is 379 g/mol. The third kappa shape index (κ3) is 4.82. The van der Waals surface area contributed by atoms with Gasteiger partial charge in [-0.1, -0.05) is 29.8 Å². The van der Waals surface area contributed by atoms with Gasteiger partial charge in [-0.2, -0.15) is 0 Å². The van der Waals surface area contributed by atoms with E-state index >= 15 is 0 Å². The zero-order chi connectivity index (χ0) is 15.5. The zero-order valence-corrected chi connectivity index (χ0v) is 12.9. The van der Waals surface area contributed by atoms with Crippen LogP contribution in [-0.4, -0.2) is 6.36 Å². The highest BCUT2D eigenvalue weighted by Crippen LogP contribution is 2.31. The molecule has 21 heavy (non-hydrogen) atoms. The van der Waals surface area contributed by atoms with E-state index in [2.05, 4.69) is 26.0 Å². The SMILES string of the molecule is FC(F)(F)Oc1ccc(CNc2ccccc2Cl)cc1Br. The Hall–Kier alpha value is -1.40. The minimum Gasteiger partial charge on any atom is -0.405 e. The Labute approximate surface area is 133 Å². The lowest BCUT2D eigenvalue weighted by Crippen LogP contribution is -2.17. The van der Waals surface area contributed by atoms with Crippen molar-refractivity contribution in [3.63, 3.8) is 0 Å². The van der Waals surface area contributed by atoms with E-state index in [1.807, 2.05) is 18.2 Å². The van der Waals surface area contributed by atoms with E-state index in [4.69, 9.17) is 11.6 Å². The van der Waals surface area contributed by atoms with Gasteiger partial charge in [0, 0.05) is 6.54 Å². The molecule has 0 atom stereocenters. The summed E-state index contributed by atoms with van der Waals surface area (Å²) >= 11 is 9.06. The summed E-state index contributed by atoms with van der Waals surface area (Å²) < 4.78 is 40.6. The van der Waals surface area contributed by atoms with Crippen LogP contribution in [0.4, 0.5) is 18.9 Å². The Balaban J connectivity index is 2.05. The van der Waals surface area contributed by atoms with Crippen molar-refractivity contribution in [3.05, 3.63) is 57.5 Å². The Morgan fingerprint density at radius 2 is 1.86 bits per heavy atom. The van der Waals surface area contributed by atoms with Crippen LogP contribution < -0.4 is 10.1 Å². The fourth-order valence-electron chi connectivity index (χ4n) is 1.66. The van der Waals surface area contributed by atoms with Crippen molar-refractivity contribution in [1.29, 1.82) is 0 Å². The molecular formula is C14H10BrClF3NO. The minimum absolute atomic E-state index is 0.235. The standard InChI is InChI=1S/C14H10BrClF3NO/c15-10-7-9(5-6-13(10)21-14(17,18)19)8-20-12-4-2-1-3-11(12)16/h1-7,20H,8H2. The van der Waals surface area contributed by atoms with Crippen molar-refractivity contribution in [1.82, 2.24) is 0 Å². The number of benzene rings is 2. The summed E-state index contributed by atoms with van der Waals surface area (Å²) in [5, 5.41) is 3.69. The van der Waals surface area contributed by atoms with Gasteiger partial charge in [-0.3, -0.25) is 0 Å². The topological polar surface area (TPSA) is 21.3 Å². The molecule has 0 saturated carbocycles. The molecule has 0 bridgehead atoms. The van der Waals surface area contributed by atoms with Crippen molar-refractivity contribution in [2.75, 3.05) is 5.32 Å². The Morgan fingerprint density at radius 1 is 1.14 bits per heavy atom. The van der Waals surface area contributed by atoms with Crippen LogP contribution >= 0.6 is 27.5 Å². The Kier molecular flexibility index (Phi) is 5.00. The number of alkyl halides is 3. The van der Waals surface area contributed by atoms with Crippen LogP contribution in [0.3, 0.4) is 0 Å². The van der Waals surface area contributed by atoms with Gasteiger partial charge in [0.2, 0.25) is 0 Å². The molecule has 0 spiro atoms. The average Bonchev–Trinajstić information content (AvgIpc) is 2.39. The van der Waals surface area contributed by atoms with E-state index in [0.717, 1.165) is 11.3 Å². The van der Waals surface area contributed by atoms with Gasteiger partial charge in [0.15, 0.2) is 0 Å². The molecule has 0 aliphatic carbocycles. The van der Waals surface area contributed by atoms with Gasteiger partial charge in [-0.05, 0) is 45.8 Å². The number of anilines is 1. The summed E-state index contributed by atoms with van der Waals surface area (Å²) in [6, 6.07) is 11.6. The second-order valence-corrected chi connectivity index (χ2v) is 5.41. The van der Waals surface area contributed by atoms with Crippen molar-refractivity contribution < 1.29 is 17.9 Å². The number of nitrogens with one attached hydrogen (secondary N) is 1. The maximum absolute atomic E-state index is 12.2. The molecular weight excluding hydrogens is 371 g/mol. The maximum Gasteiger partial charge on any atom is 0.573 e. The lowest BCUT2D eigenvalue weighted by Gasteiger charge is -2.12. The first-order chi connectivity index (χ1) is 9.85. The van der Waals surface area contributed by atoms with Crippen LogP contribution in [0.25, 0.3) is 0 Å². The quantitative estimate of drug-likeness (QED) is 0.744. The second-order valence-electron chi connectivity index (χ2n) is 4.15. The van der Waals surface area contributed by atoms with Crippen LogP contribution in [0.2, 0.25) is 5.02 Å². The lowest BCUT2D eigenvalue weighted by atomic mass is 10.2. The third-order valence-corrected chi connectivity index (χ3v) is 3.53. The normalized spacial score (nSPS) is 11.3. The highest BCUT2D eigenvalue weighted by molar-refractivity contribution is 9.10. The molecule has 2 aromatic rings. The fraction of sp³-hybridized carbons (Fsp3) is 0.143. The molecule has 2 rings (SSSR count). The third-order valence-electron chi connectivity index (χ3n) is 2.58. The first-order valence-corrected chi connectivity index (χ1v) is 7.05. The van der Waals surface area contributed by atoms with Crippen molar-refractivity contribution in [2.24, 2.45) is 0 Å². The first-order valence-electron chi connectivity index (χ1n) is 5.88. The van der Waals surface area contributed by atoms with Crippen molar-refractivity contribution >= 4 is 33.2 Å². The van der Waals surface area contributed by atoms with Crippen molar-refractivity contribution in [2.45, 2.75) is 12.9 Å². The van der Waals surface area contributed by atoms with E-state index < -0.39 is 6.36 Å². The maximum atomic E-state index is 12.2. The molecule has 0 radical (unpaired) electrons. The van der Waals surface area contributed by atoms with Gasteiger partial charge in [0.25, 0.3) is 0 Å². The van der Waals surface area contributed by atoms with Gasteiger partial charge in [-0.15, -0.1) is 13.2 Å². The second kappa shape index (κ2) is 6.58. The lowest BCUT2D eigenvalue weighted by molar-refractivity contribution is -0.274. The first kappa shape index (κ1) is 16.0. The molecule has 0 aromatic heterocycles. The highest BCUT2D eigenvalue weighted by atomic mass is 79.9. The van der Waals surface area contributed by atoms with Crippen molar-refractivity contribution in [3.8, 4) is 5.75 Å². The van der Waals surface area contributed by atoms with Gasteiger partial charge in [0.1, 0.15) is 5.75 Å². The predicted octanol–water partition coefficient (Wildman–Crippen LogP) is 5.61. The van der Waals surface area contributed by atoms with Gasteiger partial charge >= 0.3 is 6.36 Å². The van der Waals surface area contributed by atoms with Crippen LogP contribution in [-0.2, 0) is 6.54 Å². The number of ether oxygens (including phenoxy) is 1. The summed E-state index contributed by atoms with van der Waals surface area (Å²) in [5.41, 5.74) is 1.54. The van der Waals surface area contributed by atoms with Gasteiger partial charge in [-0.25, -0.2) is 0 Å². The highest BCUT2D eigenvalue weighted by Gasteiger charge is 2.31. The molecule has 0 fully saturated rings. The molecule has 0 aliphatic rings. The number of para-hydroxylation sites is 1. The van der Waals surface area contributed by atoms with Crippen LogP contribution in [0.5, 0.6) is 5.75 Å².